The SMILES string of the molecule is Cc1cc(Nc2cc(N3CCC[C@H](CC(=O)c4ccc(N(C)C)cc4)[C@@H]3CO)cnc2C(N)=O)sn1. The number of anilines is 4. The second kappa shape index (κ2) is 11.0. The average molecular weight is 509 g/mol. The maximum Gasteiger partial charge on any atom is 0.269 e. The summed E-state index contributed by atoms with van der Waals surface area (Å²) in [5.41, 5.74) is 9.52. The second-order valence-electron chi connectivity index (χ2n) is 9.33. The summed E-state index contributed by atoms with van der Waals surface area (Å²) in [6.07, 6.45) is 3.68. The van der Waals surface area contributed by atoms with Crippen molar-refractivity contribution in [1.29, 1.82) is 0 Å². The van der Waals surface area contributed by atoms with Crippen LogP contribution < -0.4 is 20.9 Å². The van der Waals surface area contributed by atoms with Gasteiger partial charge in [-0.2, -0.15) is 4.37 Å². The highest BCUT2D eigenvalue weighted by Crippen LogP contribution is 2.34. The van der Waals surface area contributed by atoms with E-state index >= 15 is 0 Å². The number of aryl methyl sites for hydroxylation is 1. The number of aromatic nitrogens is 2. The largest absolute Gasteiger partial charge is 0.394 e. The highest BCUT2D eigenvalue weighted by molar-refractivity contribution is 7.10. The molecule has 190 valence electrons. The minimum absolute atomic E-state index is 0.0128. The molecule has 3 heterocycles. The first kappa shape index (κ1) is 25.6. The number of hydrogen-bond acceptors (Lipinski definition) is 9. The van der Waals surface area contributed by atoms with E-state index in [-0.39, 0.29) is 30.0 Å². The molecule has 1 fully saturated rings. The first-order valence-corrected chi connectivity index (χ1v) is 12.7. The minimum Gasteiger partial charge on any atom is -0.394 e. The number of carbonyl (C=O) groups is 2. The molecule has 0 aliphatic carbocycles. The molecule has 2 atom stereocenters. The van der Waals surface area contributed by atoms with Crippen LogP contribution in [0.1, 0.15) is 45.8 Å². The van der Waals surface area contributed by atoms with Crippen molar-refractivity contribution in [3.05, 3.63) is 59.5 Å². The van der Waals surface area contributed by atoms with Crippen molar-refractivity contribution in [2.75, 3.05) is 42.4 Å². The standard InChI is InChI=1S/C26H32N6O3S/c1-16-11-24(36-30-16)29-21-13-20(14-28-25(21)26(27)35)32-10-4-5-18(22(32)15-33)12-23(34)17-6-8-19(9-7-17)31(2)3/h6-9,11,13-14,18,22,29,33H,4-5,10,12,15H2,1-3H3,(H2,27,35)/t18-,22+/m1/s1. The number of nitrogens with one attached hydrogen (secondary N) is 1. The average Bonchev–Trinajstić information content (AvgIpc) is 3.28. The Labute approximate surface area is 215 Å². The van der Waals surface area contributed by atoms with Crippen molar-refractivity contribution in [1.82, 2.24) is 9.36 Å². The van der Waals surface area contributed by atoms with Crippen LogP contribution in [0.25, 0.3) is 0 Å². The fourth-order valence-corrected chi connectivity index (χ4v) is 5.38. The summed E-state index contributed by atoms with van der Waals surface area (Å²) in [7, 11) is 3.92. The number of aliphatic hydroxyl groups is 1. The number of amides is 1. The third-order valence-electron chi connectivity index (χ3n) is 6.58. The summed E-state index contributed by atoms with van der Waals surface area (Å²) in [6, 6.07) is 11.1. The van der Waals surface area contributed by atoms with Gasteiger partial charge in [-0.3, -0.25) is 9.59 Å². The van der Waals surface area contributed by atoms with Gasteiger partial charge >= 0.3 is 0 Å². The molecule has 1 aliphatic rings. The van der Waals surface area contributed by atoms with Gasteiger partial charge in [0.1, 0.15) is 5.00 Å². The van der Waals surface area contributed by atoms with Gasteiger partial charge in [-0.05, 0) is 73.6 Å². The Morgan fingerprint density at radius 2 is 2.00 bits per heavy atom. The zero-order chi connectivity index (χ0) is 25.8. The van der Waals surface area contributed by atoms with E-state index in [4.69, 9.17) is 5.73 Å². The number of aliphatic hydroxyl groups excluding tert-OH is 1. The molecular weight excluding hydrogens is 476 g/mol. The van der Waals surface area contributed by atoms with Crippen LogP contribution in [0, 0.1) is 12.8 Å². The topological polar surface area (TPSA) is 125 Å². The van der Waals surface area contributed by atoms with Gasteiger partial charge < -0.3 is 26.0 Å². The molecule has 1 saturated heterocycles. The summed E-state index contributed by atoms with van der Waals surface area (Å²) < 4.78 is 4.27. The smallest absolute Gasteiger partial charge is 0.269 e. The first-order chi connectivity index (χ1) is 17.3. The van der Waals surface area contributed by atoms with Crippen molar-refractivity contribution in [2.24, 2.45) is 11.7 Å². The number of ketones is 1. The third-order valence-corrected chi connectivity index (χ3v) is 7.38. The molecule has 0 spiro atoms. The molecule has 10 heteroatoms. The predicted octanol–water partition coefficient (Wildman–Crippen LogP) is 3.61. The van der Waals surface area contributed by atoms with Crippen molar-refractivity contribution >= 4 is 45.3 Å². The van der Waals surface area contributed by atoms with Crippen LogP contribution in [0.2, 0.25) is 0 Å². The number of carbonyl (C=O) groups excluding carboxylic acids is 2. The fourth-order valence-electron chi connectivity index (χ4n) is 4.70. The first-order valence-electron chi connectivity index (χ1n) is 11.9. The van der Waals surface area contributed by atoms with Gasteiger partial charge in [0.05, 0.1) is 35.9 Å². The van der Waals surface area contributed by atoms with Crippen LogP contribution >= 0.6 is 11.5 Å². The lowest BCUT2D eigenvalue weighted by Crippen LogP contribution is -2.48. The highest BCUT2D eigenvalue weighted by Gasteiger charge is 2.33. The number of piperidine rings is 1. The molecule has 0 bridgehead atoms. The summed E-state index contributed by atoms with van der Waals surface area (Å²) in [5, 5.41) is 14.3. The third kappa shape index (κ3) is 5.66. The highest BCUT2D eigenvalue weighted by atomic mass is 32.1. The lowest BCUT2D eigenvalue weighted by atomic mass is 9.84. The molecule has 36 heavy (non-hydrogen) atoms. The van der Waals surface area contributed by atoms with E-state index in [9.17, 15) is 14.7 Å². The predicted molar refractivity (Wildman–Crippen MR) is 144 cm³/mol. The molecule has 0 radical (unpaired) electrons. The number of hydrogen-bond donors (Lipinski definition) is 3. The van der Waals surface area contributed by atoms with Crippen LogP contribution in [-0.4, -0.2) is 59.4 Å². The Balaban J connectivity index is 1.55. The number of nitrogens with zero attached hydrogens (tertiary/aromatic N) is 4. The molecule has 0 saturated carbocycles. The Morgan fingerprint density at radius 3 is 2.61 bits per heavy atom. The van der Waals surface area contributed by atoms with Crippen molar-refractivity contribution in [3.8, 4) is 0 Å². The molecule has 1 aliphatic heterocycles. The summed E-state index contributed by atoms with van der Waals surface area (Å²) in [4.78, 5) is 33.5. The normalized spacial score (nSPS) is 17.6. The van der Waals surface area contributed by atoms with Gasteiger partial charge in [-0.1, -0.05) is 0 Å². The van der Waals surface area contributed by atoms with E-state index in [0.717, 1.165) is 34.9 Å². The van der Waals surface area contributed by atoms with Gasteiger partial charge in [0, 0.05) is 38.3 Å². The van der Waals surface area contributed by atoms with E-state index in [2.05, 4.69) is 19.6 Å². The van der Waals surface area contributed by atoms with Crippen LogP contribution in [0.15, 0.2) is 42.6 Å². The fraction of sp³-hybridized carbons (Fsp3) is 0.385. The summed E-state index contributed by atoms with van der Waals surface area (Å²) >= 11 is 1.28. The van der Waals surface area contributed by atoms with Gasteiger partial charge in [-0.15, -0.1) is 0 Å². The van der Waals surface area contributed by atoms with Crippen LogP contribution in [0.4, 0.5) is 22.1 Å². The van der Waals surface area contributed by atoms with Gasteiger partial charge in [0.25, 0.3) is 5.91 Å². The molecule has 1 amide bonds. The quantitative estimate of drug-likeness (QED) is 0.375. The summed E-state index contributed by atoms with van der Waals surface area (Å²) in [5.74, 6) is -0.580. The molecule has 0 unspecified atom stereocenters. The maximum atomic E-state index is 13.1. The zero-order valence-corrected chi connectivity index (χ0v) is 21.6. The van der Waals surface area contributed by atoms with Crippen molar-refractivity contribution in [3.63, 3.8) is 0 Å². The van der Waals surface area contributed by atoms with E-state index in [0.29, 0.717) is 24.2 Å². The minimum atomic E-state index is -0.633. The van der Waals surface area contributed by atoms with Crippen LogP contribution in [0.3, 0.4) is 0 Å². The lowest BCUT2D eigenvalue weighted by molar-refractivity contribution is 0.0927. The molecule has 2 aromatic heterocycles. The molecule has 4 rings (SSSR count). The number of Topliss-reactive ketones (excluding diaryl/α,β-unsaturated/α-hetero) is 1. The van der Waals surface area contributed by atoms with Crippen molar-refractivity contribution < 1.29 is 14.7 Å². The number of pyridine rings is 1. The number of primary amides is 1. The molecule has 9 nitrogen and oxygen atoms in total. The molecule has 4 N–H and O–H groups in total. The monoisotopic (exact) mass is 508 g/mol. The molecule has 3 aromatic rings. The Kier molecular flexibility index (Phi) is 7.85. The Morgan fingerprint density at radius 1 is 1.25 bits per heavy atom. The van der Waals surface area contributed by atoms with Crippen LogP contribution in [-0.2, 0) is 0 Å². The molecular formula is C26H32N6O3S. The maximum absolute atomic E-state index is 13.1. The number of rotatable bonds is 9. The van der Waals surface area contributed by atoms with Gasteiger partial charge in [-0.25, -0.2) is 4.98 Å². The van der Waals surface area contributed by atoms with E-state index in [1.54, 1.807) is 6.20 Å². The van der Waals surface area contributed by atoms with Crippen LogP contribution in [0.5, 0.6) is 0 Å². The number of benzene rings is 1. The summed E-state index contributed by atoms with van der Waals surface area (Å²) in [6.45, 7) is 2.51. The van der Waals surface area contributed by atoms with E-state index in [1.807, 2.05) is 62.3 Å². The van der Waals surface area contributed by atoms with Gasteiger partial charge in [0.2, 0.25) is 0 Å². The van der Waals surface area contributed by atoms with Crippen molar-refractivity contribution in [2.45, 2.75) is 32.2 Å². The van der Waals surface area contributed by atoms with E-state index in [1.165, 1.54) is 11.5 Å². The lowest BCUT2D eigenvalue weighted by Gasteiger charge is -2.42. The Hall–Kier alpha value is -3.50. The molecule has 1 aromatic carbocycles. The second-order valence-corrected chi connectivity index (χ2v) is 10.1. The van der Waals surface area contributed by atoms with Gasteiger partial charge in [0.15, 0.2) is 11.5 Å². The van der Waals surface area contributed by atoms with E-state index < -0.39 is 5.91 Å². The Bertz CT molecular complexity index is 1230. The number of nitrogens with two attached hydrogens (primary N) is 1. The zero-order valence-electron chi connectivity index (χ0n) is 20.8.